The molecule has 0 aliphatic heterocycles. The van der Waals surface area contributed by atoms with Crippen molar-refractivity contribution in [2.24, 2.45) is 11.8 Å². The summed E-state index contributed by atoms with van der Waals surface area (Å²) < 4.78 is 0. The molecule has 0 bridgehead atoms. The molecule has 0 nitrogen and oxygen atoms in total. The fraction of sp³-hybridized carbons (Fsp3) is 0.333. The lowest BCUT2D eigenvalue weighted by molar-refractivity contribution is 0.811. The van der Waals surface area contributed by atoms with Gasteiger partial charge in [-0.15, -0.1) is 12.3 Å². The highest BCUT2D eigenvalue weighted by molar-refractivity contribution is 5.45. The van der Waals surface area contributed by atoms with Crippen LogP contribution in [0.3, 0.4) is 0 Å². The Bertz CT molecular complexity index is 370. The van der Waals surface area contributed by atoms with Crippen LogP contribution in [0.4, 0.5) is 0 Å². The first kappa shape index (κ1) is 6.31. The molecule has 0 radical (unpaired) electrons. The molecule has 0 heterocycles. The molecule has 0 unspecified atom stereocenters. The summed E-state index contributed by atoms with van der Waals surface area (Å²) in [5.41, 5.74) is 3.05. The highest BCUT2D eigenvalue weighted by Crippen LogP contribution is 2.60. The molecule has 1 fully saturated rings. The van der Waals surface area contributed by atoms with E-state index in [0.29, 0.717) is 11.8 Å². The van der Waals surface area contributed by atoms with Crippen molar-refractivity contribution in [1.82, 2.24) is 0 Å². The van der Waals surface area contributed by atoms with Gasteiger partial charge in [0.05, 0.1) is 0 Å². The average molecular weight is 154 g/mol. The molecule has 1 aromatic rings. The second kappa shape index (κ2) is 1.93. The van der Waals surface area contributed by atoms with E-state index >= 15 is 0 Å². The summed E-state index contributed by atoms with van der Waals surface area (Å²) in [6.07, 6.45) is 6.65. The third-order valence-corrected chi connectivity index (χ3v) is 3.23. The zero-order chi connectivity index (χ0) is 8.13. The van der Waals surface area contributed by atoms with Crippen LogP contribution in [0.2, 0.25) is 0 Å². The quantitative estimate of drug-likeness (QED) is 0.502. The van der Waals surface area contributed by atoms with E-state index in [1.54, 1.807) is 0 Å². The maximum Gasteiger partial charge on any atom is 0.0309 e. The van der Waals surface area contributed by atoms with Gasteiger partial charge in [-0.25, -0.2) is 0 Å². The molecule has 12 heavy (non-hydrogen) atoms. The highest BCUT2D eigenvalue weighted by Gasteiger charge is 2.54. The van der Waals surface area contributed by atoms with E-state index in [1.807, 2.05) is 0 Å². The predicted molar refractivity (Wildman–Crippen MR) is 48.7 cm³/mol. The Hall–Kier alpha value is -1.22. The van der Waals surface area contributed by atoms with Crippen molar-refractivity contribution in [1.29, 1.82) is 0 Å². The topological polar surface area (TPSA) is 0 Å². The van der Waals surface area contributed by atoms with E-state index < -0.39 is 0 Å². The standard InChI is InChI=1S/C12H10/c1-2-9-11-7-8-5-3-4-6-10(8)12(9)11/h1,3-6,9,11-12H,7H2/t9-,11-,12-/m1/s1. The zero-order valence-electron chi connectivity index (χ0n) is 6.83. The van der Waals surface area contributed by atoms with E-state index in [0.717, 1.165) is 5.92 Å². The van der Waals surface area contributed by atoms with Gasteiger partial charge in [-0.05, 0) is 23.5 Å². The zero-order valence-corrected chi connectivity index (χ0v) is 6.83. The van der Waals surface area contributed by atoms with Crippen LogP contribution in [0.5, 0.6) is 0 Å². The fourth-order valence-electron chi connectivity index (χ4n) is 2.58. The summed E-state index contributed by atoms with van der Waals surface area (Å²) in [7, 11) is 0. The van der Waals surface area contributed by atoms with Crippen molar-refractivity contribution >= 4 is 0 Å². The van der Waals surface area contributed by atoms with Gasteiger partial charge in [0, 0.05) is 11.8 Å². The van der Waals surface area contributed by atoms with Crippen molar-refractivity contribution < 1.29 is 0 Å². The van der Waals surface area contributed by atoms with E-state index in [4.69, 9.17) is 6.42 Å². The summed E-state index contributed by atoms with van der Waals surface area (Å²) in [5.74, 6) is 4.94. The van der Waals surface area contributed by atoms with Crippen LogP contribution in [-0.2, 0) is 6.42 Å². The molecule has 0 spiro atoms. The first-order valence-corrected chi connectivity index (χ1v) is 4.46. The number of benzene rings is 1. The van der Waals surface area contributed by atoms with Gasteiger partial charge < -0.3 is 0 Å². The van der Waals surface area contributed by atoms with Crippen LogP contribution < -0.4 is 0 Å². The molecular formula is C12H10. The summed E-state index contributed by atoms with van der Waals surface area (Å²) in [4.78, 5) is 0. The molecular weight excluding hydrogens is 144 g/mol. The van der Waals surface area contributed by atoms with Gasteiger partial charge >= 0.3 is 0 Å². The Balaban J connectivity index is 2.07. The molecule has 2 aliphatic rings. The number of fused-ring (bicyclic) bond motifs is 3. The molecule has 0 N–H and O–H groups in total. The van der Waals surface area contributed by atoms with Crippen LogP contribution in [0.1, 0.15) is 17.0 Å². The minimum absolute atomic E-state index is 0.555. The van der Waals surface area contributed by atoms with Crippen LogP contribution in [0, 0.1) is 24.2 Å². The van der Waals surface area contributed by atoms with Crippen LogP contribution >= 0.6 is 0 Å². The monoisotopic (exact) mass is 154 g/mol. The van der Waals surface area contributed by atoms with Gasteiger partial charge in [0.1, 0.15) is 0 Å². The van der Waals surface area contributed by atoms with E-state index in [2.05, 4.69) is 30.2 Å². The molecule has 2 aliphatic carbocycles. The number of rotatable bonds is 0. The Morgan fingerprint density at radius 3 is 3.00 bits per heavy atom. The first-order chi connectivity index (χ1) is 5.92. The van der Waals surface area contributed by atoms with Crippen molar-refractivity contribution in [2.45, 2.75) is 12.3 Å². The SMILES string of the molecule is C#C[C@@H]1[C@H]2Cc3ccccc3[C@@H]12. The van der Waals surface area contributed by atoms with Crippen molar-refractivity contribution in [2.75, 3.05) is 0 Å². The third-order valence-electron chi connectivity index (χ3n) is 3.23. The number of terminal acetylenes is 1. The molecule has 1 aromatic carbocycles. The molecule has 3 rings (SSSR count). The van der Waals surface area contributed by atoms with E-state index in [1.165, 1.54) is 17.5 Å². The van der Waals surface area contributed by atoms with E-state index in [-0.39, 0.29) is 0 Å². The molecule has 0 heteroatoms. The fourth-order valence-corrected chi connectivity index (χ4v) is 2.58. The minimum Gasteiger partial charge on any atom is -0.120 e. The van der Waals surface area contributed by atoms with Crippen molar-refractivity contribution in [3.8, 4) is 12.3 Å². The Morgan fingerprint density at radius 2 is 2.17 bits per heavy atom. The van der Waals surface area contributed by atoms with Gasteiger partial charge in [-0.2, -0.15) is 0 Å². The molecule has 0 aromatic heterocycles. The summed E-state index contributed by atoms with van der Waals surface area (Å²) in [5, 5.41) is 0. The summed E-state index contributed by atoms with van der Waals surface area (Å²) >= 11 is 0. The van der Waals surface area contributed by atoms with Gasteiger partial charge in [0.2, 0.25) is 0 Å². The lowest BCUT2D eigenvalue weighted by Gasteiger charge is -2.01. The van der Waals surface area contributed by atoms with Crippen LogP contribution in [0.25, 0.3) is 0 Å². The Morgan fingerprint density at radius 1 is 1.33 bits per heavy atom. The van der Waals surface area contributed by atoms with Gasteiger partial charge in [0.25, 0.3) is 0 Å². The first-order valence-electron chi connectivity index (χ1n) is 4.46. The second-order valence-corrected chi connectivity index (χ2v) is 3.79. The Kier molecular flexibility index (Phi) is 1.01. The minimum atomic E-state index is 0.555. The number of hydrogen-bond acceptors (Lipinski definition) is 0. The summed E-state index contributed by atoms with van der Waals surface area (Å²) in [6.45, 7) is 0. The maximum absolute atomic E-state index is 5.43. The molecule has 1 saturated carbocycles. The molecule has 0 saturated heterocycles. The van der Waals surface area contributed by atoms with Gasteiger partial charge in [-0.3, -0.25) is 0 Å². The van der Waals surface area contributed by atoms with Crippen molar-refractivity contribution in [3.63, 3.8) is 0 Å². The summed E-state index contributed by atoms with van der Waals surface area (Å²) in [6, 6.07) is 8.70. The molecule has 0 amide bonds. The molecule has 3 atom stereocenters. The third kappa shape index (κ3) is 0.599. The van der Waals surface area contributed by atoms with Crippen molar-refractivity contribution in [3.05, 3.63) is 35.4 Å². The Labute approximate surface area is 72.6 Å². The highest BCUT2D eigenvalue weighted by atomic mass is 14.6. The average Bonchev–Trinajstić information content (AvgIpc) is 2.68. The van der Waals surface area contributed by atoms with Crippen LogP contribution in [0.15, 0.2) is 24.3 Å². The van der Waals surface area contributed by atoms with Gasteiger partial charge in [0.15, 0.2) is 0 Å². The largest absolute Gasteiger partial charge is 0.120 e. The van der Waals surface area contributed by atoms with Crippen LogP contribution in [-0.4, -0.2) is 0 Å². The smallest absolute Gasteiger partial charge is 0.0309 e. The molecule has 58 valence electrons. The predicted octanol–water partition coefficient (Wildman–Crippen LogP) is 2.21. The maximum atomic E-state index is 5.43. The normalized spacial score (nSPS) is 35.1. The lowest BCUT2D eigenvalue weighted by Crippen LogP contribution is -1.90. The number of hydrogen-bond donors (Lipinski definition) is 0. The lowest BCUT2D eigenvalue weighted by atomic mass is 10.0. The van der Waals surface area contributed by atoms with E-state index in [9.17, 15) is 0 Å². The van der Waals surface area contributed by atoms with Gasteiger partial charge in [-0.1, -0.05) is 24.3 Å². The second-order valence-electron chi connectivity index (χ2n) is 3.79.